The molecule has 2 rings (SSSR count). The number of nitrogens with one attached hydrogen (secondary N) is 2. The van der Waals surface area contributed by atoms with Crippen LogP contribution in [0.15, 0.2) is 24.4 Å². The summed E-state index contributed by atoms with van der Waals surface area (Å²) < 4.78 is 0. The number of carbonyl (C=O) groups is 1. The van der Waals surface area contributed by atoms with Crippen LogP contribution in [0.1, 0.15) is 37.0 Å². The van der Waals surface area contributed by atoms with Gasteiger partial charge in [0.15, 0.2) is 0 Å². The summed E-state index contributed by atoms with van der Waals surface area (Å²) >= 11 is 0. The molecule has 0 saturated heterocycles. The lowest BCUT2D eigenvalue weighted by Crippen LogP contribution is -2.42. The summed E-state index contributed by atoms with van der Waals surface area (Å²) in [6, 6.07) is 5.35. The Labute approximate surface area is 112 Å². The van der Waals surface area contributed by atoms with Gasteiger partial charge in [-0.3, -0.25) is 9.89 Å². The van der Waals surface area contributed by atoms with Crippen molar-refractivity contribution in [2.24, 2.45) is 0 Å². The average Bonchev–Trinajstić information content (AvgIpc) is 2.91. The van der Waals surface area contributed by atoms with E-state index in [1.165, 1.54) is 0 Å². The van der Waals surface area contributed by atoms with Crippen LogP contribution in [-0.2, 0) is 0 Å². The van der Waals surface area contributed by atoms with Gasteiger partial charge in [-0.15, -0.1) is 0 Å². The number of fused-ring (bicyclic) bond motifs is 1. The van der Waals surface area contributed by atoms with E-state index in [1.54, 1.807) is 18.3 Å². The smallest absolute Gasteiger partial charge is 0.251 e. The highest BCUT2D eigenvalue weighted by atomic mass is 16.3. The van der Waals surface area contributed by atoms with Crippen molar-refractivity contribution in [2.45, 2.75) is 32.3 Å². The van der Waals surface area contributed by atoms with Crippen molar-refractivity contribution in [3.05, 3.63) is 30.0 Å². The van der Waals surface area contributed by atoms with E-state index in [1.807, 2.05) is 19.9 Å². The molecule has 0 unspecified atom stereocenters. The monoisotopic (exact) mass is 261 g/mol. The first kappa shape index (κ1) is 13.5. The minimum atomic E-state index is -0.824. The number of aliphatic hydroxyl groups is 1. The molecular formula is C14H19N3O2. The van der Waals surface area contributed by atoms with E-state index >= 15 is 0 Å². The molecule has 1 aromatic carbocycles. The Morgan fingerprint density at radius 1 is 1.42 bits per heavy atom. The fourth-order valence-corrected chi connectivity index (χ4v) is 1.93. The Bertz CT molecular complexity index is 573. The summed E-state index contributed by atoms with van der Waals surface area (Å²) in [5.74, 6) is -0.177. The van der Waals surface area contributed by atoms with Gasteiger partial charge in [0.25, 0.3) is 5.91 Å². The van der Waals surface area contributed by atoms with Gasteiger partial charge >= 0.3 is 0 Å². The number of carbonyl (C=O) groups excluding carboxylic acids is 1. The molecule has 0 aliphatic rings. The third-order valence-electron chi connectivity index (χ3n) is 3.60. The van der Waals surface area contributed by atoms with E-state index < -0.39 is 5.60 Å². The topological polar surface area (TPSA) is 78.0 Å². The molecule has 5 heteroatoms. The number of H-pyrrole nitrogens is 1. The normalized spacial score (nSPS) is 11.7. The van der Waals surface area contributed by atoms with E-state index in [0.717, 1.165) is 10.9 Å². The van der Waals surface area contributed by atoms with Crippen molar-refractivity contribution in [1.82, 2.24) is 15.5 Å². The van der Waals surface area contributed by atoms with Gasteiger partial charge in [-0.2, -0.15) is 5.10 Å². The second-order valence-corrected chi connectivity index (χ2v) is 4.79. The molecule has 0 saturated carbocycles. The zero-order valence-electron chi connectivity index (χ0n) is 11.2. The Kier molecular flexibility index (Phi) is 3.85. The zero-order chi connectivity index (χ0) is 13.9. The van der Waals surface area contributed by atoms with Crippen LogP contribution in [0.3, 0.4) is 0 Å². The predicted octanol–water partition coefficient (Wildman–Crippen LogP) is 1.84. The molecule has 0 aliphatic carbocycles. The summed E-state index contributed by atoms with van der Waals surface area (Å²) in [5, 5.41) is 20.6. The Balaban J connectivity index is 2.07. The Morgan fingerprint density at radius 3 is 2.84 bits per heavy atom. The number of benzene rings is 1. The van der Waals surface area contributed by atoms with Crippen LogP contribution in [0.2, 0.25) is 0 Å². The molecule has 1 aromatic heterocycles. The summed E-state index contributed by atoms with van der Waals surface area (Å²) in [4.78, 5) is 12.0. The van der Waals surface area contributed by atoms with Gasteiger partial charge in [-0.25, -0.2) is 0 Å². The molecule has 0 atom stereocenters. The summed E-state index contributed by atoms with van der Waals surface area (Å²) in [6.45, 7) is 4.09. The SMILES string of the molecule is CCC(O)(CC)CNC(=O)c1ccc2[nH]ncc2c1. The largest absolute Gasteiger partial charge is 0.388 e. The maximum absolute atomic E-state index is 12.0. The van der Waals surface area contributed by atoms with Crippen molar-refractivity contribution < 1.29 is 9.90 Å². The maximum Gasteiger partial charge on any atom is 0.251 e. The van der Waals surface area contributed by atoms with E-state index in [2.05, 4.69) is 15.5 Å². The van der Waals surface area contributed by atoms with Crippen LogP contribution in [-0.4, -0.2) is 33.4 Å². The number of rotatable bonds is 5. The molecule has 102 valence electrons. The van der Waals surface area contributed by atoms with Crippen LogP contribution in [0.5, 0.6) is 0 Å². The van der Waals surface area contributed by atoms with Gasteiger partial charge in [0.05, 0.1) is 17.3 Å². The van der Waals surface area contributed by atoms with E-state index in [4.69, 9.17) is 0 Å². The molecule has 2 aromatic rings. The average molecular weight is 261 g/mol. The third-order valence-corrected chi connectivity index (χ3v) is 3.60. The molecule has 5 nitrogen and oxygen atoms in total. The van der Waals surface area contributed by atoms with Gasteiger partial charge in [0.2, 0.25) is 0 Å². The quantitative estimate of drug-likeness (QED) is 0.768. The number of aromatic nitrogens is 2. The highest BCUT2D eigenvalue weighted by Gasteiger charge is 2.23. The molecule has 0 spiro atoms. The molecule has 1 amide bonds. The first-order valence-corrected chi connectivity index (χ1v) is 6.51. The maximum atomic E-state index is 12.0. The van der Waals surface area contributed by atoms with Crippen molar-refractivity contribution in [2.75, 3.05) is 6.54 Å². The number of hydrogen-bond acceptors (Lipinski definition) is 3. The van der Waals surface area contributed by atoms with Crippen molar-refractivity contribution >= 4 is 16.8 Å². The van der Waals surface area contributed by atoms with Crippen LogP contribution >= 0.6 is 0 Å². The van der Waals surface area contributed by atoms with Crippen molar-refractivity contribution in [1.29, 1.82) is 0 Å². The molecule has 0 bridgehead atoms. The van der Waals surface area contributed by atoms with E-state index in [9.17, 15) is 9.90 Å². The second-order valence-electron chi connectivity index (χ2n) is 4.79. The highest BCUT2D eigenvalue weighted by Crippen LogP contribution is 2.15. The molecule has 0 radical (unpaired) electrons. The van der Waals surface area contributed by atoms with Gasteiger partial charge in [-0.05, 0) is 31.0 Å². The molecule has 0 aliphatic heterocycles. The molecule has 3 N–H and O–H groups in total. The third kappa shape index (κ3) is 2.93. The minimum absolute atomic E-state index is 0.177. The molecule has 0 fully saturated rings. The Morgan fingerprint density at radius 2 is 2.16 bits per heavy atom. The molecule has 19 heavy (non-hydrogen) atoms. The fraction of sp³-hybridized carbons (Fsp3) is 0.429. The van der Waals surface area contributed by atoms with Gasteiger partial charge in [0.1, 0.15) is 0 Å². The number of amides is 1. The van der Waals surface area contributed by atoms with Crippen LogP contribution in [0.4, 0.5) is 0 Å². The lowest BCUT2D eigenvalue weighted by Gasteiger charge is -2.25. The molecule has 1 heterocycles. The van der Waals surface area contributed by atoms with Crippen LogP contribution < -0.4 is 5.32 Å². The number of hydrogen-bond donors (Lipinski definition) is 3. The Hall–Kier alpha value is -1.88. The minimum Gasteiger partial charge on any atom is -0.388 e. The first-order valence-electron chi connectivity index (χ1n) is 6.51. The van der Waals surface area contributed by atoms with Crippen molar-refractivity contribution in [3.63, 3.8) is 0 Å². The summed E-state index contributed by atoms with van der Waals surface area (Å²) in [7, 11) is 0. The first-order chi connectivity index (χ1) is 9.08. The van der Waals surface area contributed by atoms with E-state index in [0.29, 0.717) is 18.4 Å². The number of aromatic amines is 1. The van der Waals surface area contributed by atoms with E-state index in [-0.39, 0.29) is 12.5 Å². The molecular weight excluding hydrogens is 242 g/mol. The highest BCUT2D eigenvalue weighted by molar-refractivity contribution is 5.97. The van der Waals surface area contributed by atoms with Crippen LogP contribution in [0.25, 0.3) is 10.9 Å². The van der Waals surface area contributed by atoms with Gasteiger partial charge in [0, 0.05) is 17.5 Å². The number of nitrogens with zero attached hydrogens (tertiary/aromatic N) is 1. The fourth-order valence-electron chi connectivity index (χ4n) is 1.93. The van der Waals surface area contributed by atoms with Crippen molar-refractivity contribution in [3.8, 4) is 0 Å². The predicted molar refractivity (Wildman–Crippen MR) is 74.0 cm³/mol. The van der Waals surface area contributed by atoms with Gasteiger partial charge in [-0.1, -0.05) is 13.8 Å². The zero-order valence-corrected chi connectivity index (χ0v) is 11.2. The summed E-state index contributed by atoms with van der Waals surface area (Å²) in [6.07, 6.45) is 2.91. The summed E-state index contributed by atoms with van der Waals surface area (Å²) in [5.41, 5.74) is 0.647. The van der Waals surface area contributed by atoms with Gasteiger partial charge < -0.3 is 10.4 Å². The standard InChI is InChI=1S/C14H19N3O2/c1-3-14(19,4-2)9-15-13(18)10-5-6-12-11(7-10)8-16-17-12/h5-8,19H,3-4,9H2,1-2H3,(H,15,18)(H,16,17). The lowest BCUT2D eigenvalue weighted by atomic mass is 9.97. The van der Waals surface area contributed by atoms with Crippen LogP contribution in [0, 0.1) is 0 Å². The lowest BCUT2D eigenvalue weighted by molar-refractivity contribution is 0.0314. The second kappa shape index (κ2) is 5.40.